The first kappa shape index (κ1) is 21.1. The van der Waals surface area contributed by atoms with Crippen molar-refractivity contribution in [1.29, 1.82) is 0 Å². The number of carboxylic acid groups (broad SMARTS) is 1. The molecular formula is C21H35N3O4. The van der Waals surface area contributed by atoms with Crippen LogP contribution in [0.5, 0.6) is 0 Å². The molecule has 158 valence electrons. The SMILES string of the molecule is CCN(CC(=O)O)C1CCN(C(=O)[C@@H]2CC(=O)N(C3CCC(C)CC3)C2)CC1. The van der Waals surface area contributed by atoms with Gasteiger partial charge in [0.15, 0.2) is 0 Å². The van der Waals surface area contributed by atoms with Crippen LogP contribution in [0.1, 0.15) is 58.8 Å². The van der Waals surface area contributed by atoms with E-state index in [1.165, 1.54) is 12.8 Å². The number of carbonyl (C=O) groups is 3. The monoisotopic (exact) mass is 393 g/mol. The van der Waals surface area contributed by atoms with Gasteiger partial charge in [-0.25, -0.2) is 0 Å². The van der Waals surface area contributed by atoms with Crippen molar-refractivity contribution in [2.75, 3.05) is 32.7 Å². The lowest BCUT2D eigenvalue weighted by Gasteiger charge is -2.38. The molecule has 3 rings (SSSR count). The van der Waals surface area contributed by atoms with Crippen LogP contribution in [0.2, 0.25) is 0 Å². The molecule has 28 heavy (non-hydrogen) atoms. The second-order valence-corrected chi connectivity index (χ2v) is 8.87. The number of aliphatic carboxylic acids is 1. The van der Waals surface area contributed by atoms with E-state index < -0.39 is 5.97 Å². The van der Waals surface area contributed by atoms with Gasteiger partial charge in [0.25, 0.3) is 0 Å². The fourth-order valence-corrected chi connectivity index (χ4v) is 5.19. The summed E-state index contributed by atoms with van der Waals surface area (Å²) in [5, 5.41) is 9.06. The average molecular weight is 394 g/mol. The average Bonchev–Trinajstić information content (AvgIpc) is 3.08. The Morgan fingerprint density at radius 2 is 1.75 bits per heavy atom. The Labute approximate surface area is 168 Å². The van der Waals surface area contributed by atoms with E-state index in [1.54, 1.807) is 0 Å². The van der Waals surface area contributed by atoms with Crippen LogP contribution in [-0.2, 0) is 14.4 Å². The van der Waals surface area contributed by atoms with Crippen molar-refractivity contribution in [3.8, 4) is 0 Å². The first-order valence-corrected chi connectivity index (χ1v) is 10.9. The summed E-state index contributed by atoms with van der Waals surface area (Å²) in [5.74, 6) is -0.00520. The summed E-state index contributed by atoms with van der Waals surface area (Å²) in [6, 6.07) is 0.539. The van der Waals surface area contributed by atoms with Crippen molar-refractivity contribution in [3.63, 3.8) is 0 Å². The van der Waals surface area contributed by atoms with Gasteiger partial charge < -0.3 is 14.9 Å². The number of carbonyl (C=O) groups excluding carboxylic acids is 2. The van der Waals surface area contributed by atoms with E-state index in [4.69, 9.17) is 5.11 Å². The van der Waals surface area contributed by atoms with Crippen LogP contribution in [0.25, 0.3) is 0 Å². The number of piperidine rings is 1. The van der Waals surface area contributed by atoms with Crippen LogP contribution in [0.3, 0.4) is 0 Å². The van der Waals surface area contributed by atoms with Gasteiger partial charge in [-0.15, -0.1) is 0 Å². The van der Waals surface area contributed by atoms with Gasteiger partial charge in [-0.2, -0.15) is 0 Å². The molecule has 2 aliphatic heterocycles. The van der Waals surface area contributed by atoms with Crippen molar-refractivity contribution < 1.29 is 19.5 Å². The van der Waals surface area contributed by atoms with Gasteiger partial charge in [-0.1, -0.05) is 13.8 Å². The number of amides is 2. The number of rotatable bonds is 6. The summed E-state index contributed by atoms with van der Waals surface area (Å²) in [6.45, 7) is 6.91. The zero-order chi connectivity index (χ0) is 20.3. The summed E-state index contributed by atoms with van der Waals surface area (Å²) >= 11 is 0. The van der Waals surface area contributed by atoms with Gasteiger partial charge in [0.05, 0.1) is 12.5 Å². The van der Waals surface area contributed by atoms with Crippen molar-refractivity contribution in [2.45, 2.75) is 70.9 Å². The summed E-state index contributed by atoms with van der Waals surface area (Å²) in [5.41, 5.74) is 0. The fraction of sp³-hybridized carbons (Fsp3) is 0.857. The van der Waals surface area contributed by atoms with Gasteiger partial charge in [0.1, 0.15) is 0 Å². The molecule has 0 aromatic heterocycles. The highest BCUT2D eigenvalue weighted by molar-refractivity contribution is 5.89. The Hall–Kier alpha value is -1.63. The predicted molar refractivity (Wildman–Crippen MR) is 106 cm³/mol. The molecule has 7 nitrogen and oxygen atoms in total. The minimum Gasteiger partial charge on any atom is -0.480 e. The maximum Gasteiger partial charge on any atom is 0.317 e. The molecule has 3 aliphatic rings. The Balaban J connectivity index is 1.50. The second-order valence-electron chi connectivity index (χ2n) is 8.87. The highest BCUT2D eigenvalue weighted by Gasteiger charge is 2.41. The lowest BCUT2D eigenvalue weighted by Crippen LogP contribution is -2.49. The molecule has 1 aliphatic carbocycles. The molecule has 0 spiro atoms. The molecule has 0 aromatic carbocycles. The summed E-state index contributed by atoms with van der Waals surface area (Å²) < 4.78 is 0. The number of hydrogen-bond acceptors (Lipinski definition) is 4. The smallest absolute Gasteiger partial charge is 0.317 e. The van der Waals surface area contributed by atoms with Gasteiger partial charge in [-0.3, -0.25) is 19.3 Å². The first-order valence-electron chi connectivity index (χ1n) is 10.9. The van der Waals surface area contributed by atoms with E-state index in [0.717, 1.165) is 31.6 Å². The minimum atomic E-state index is -0.804. The highest BCUT2D eigenvalue weighted by Crippen LogP contribution is 2.32. The van der Waals surface area contributed by atoms with Gasteiger partial charge in [-0.05, 0) is 51.0 Å². The van der Waals surface area contributed by atoms with Gasteiger partial charge in [0.2, 0.25) is 11.8 Å². The third-order valence-corrected chi connectivity index (χ3v) is 6.97. The number of carboxylic acids is 1. The molecule has 0 unspecified atom stereocenters. The number of nitrogens with zero attached hydrogens (tertiary/aromatic N) is 3. The van der Waals surface area contributed by atoms with Crippen LogP contribution in [-0.4, -0.2) is 82.4 Å². The predicted octanol–water partition coefficient (Wildman–Crippen LogP) is 1.81. The van der Waals surface area contributed by atoms with E-state index in [0.29, 0.717) is 38.6 Å². The Kier molecular flexibility index (Phi) is 6.96. The molecule has 0 radical (unpaired) electrons. The zero-order valence-corrected chi connectivity index (χ0v) is 17.3. The maximum absolute atomic E-state index is 13.0. The first-order chi connectivity index (χ1) is 13.4. The van der Waals surface area contributed by atoms with E-state index in [-0.39, 0.29) is 30.3 Å². The van der Waals surface area contributed by atoms with Gasteiger partial charge in [0, 0.05) is 38.1 Å². The molecule has 0 aromatic rings. The fourth-order valence-electron chi connectivity index (χ4n) is 5.19. The highest BCUT2D eigenvalue weighted by atomic mass is 16.4. The van der Waals surface area contributed by atoms with Crippen LogP contribution in [0.15, 0.2) is 0 Å². The van der Waals surface area contributed by atoms with Crippen LogP contribution < -0.4 is 0 Å². The minimum absolute atomic E-state index is 0.0568. The van der Waals surface area contributed by atoms with E-state index in [9.17, 15) is 14.4 Å². The van der Waals surface area contributed by atoms with Crippen LogP contribution >= 0.6 is 0 Å². The van der Waals surface area contributed by atoms with E-state index in [1.807, 2.05) is 21.6 Å². The molecule has 2 saturated heterocycles. The zero-order valence-electron chi connectivity index (χ0n) is 17.3. The Morgan fingerprint density at radius 1 is 1.11 bits per heavy atom. The molecule has 2 amide bonds. The number of hydrogen-bond donors (Lipinski definition) is 1. The summed E-state index contributed by atoms with van der Waals surface area (Å²) in [4.78, 5) is 42.4. The molecule has 1 N–H and O–H groups in total. The molecular weight excluding hydrogens is 358 g/mol. The maximum atomic E-state index is 13.0. The van der Waals surface area contributed by atoms with Crippen molar-refractivity contribution in [2.24, 2.45) is 11.8 Å². The van der Waals surface area contributed by atoms with E-state index in [2.05, 4.69) is 6.92 Å². The van der Waals surface area contributed by atoms with E-state index >= 15 is 0 Å². The van der Waals surface area contributed by atoms with Crippen molar-refractivity contribution in [1.82, 2.24) is 14.7 Å². The van der Waals surface area contributed by atoms with Crippen LogP contribution in [0, 0.1) is 11.8 Å². The molecule has 2 heterocycles. The topological polar surface area (TPSA) is 81.2 Å². The van der Waals surface area contributed by atoms with Crippen molar-refractivity contribution in [3.05, 3.63) is 0 Å². The lowest BCUT2D eigenvalue weighted by molar-refractivity contribution is -0.141. The standard InChI is InChI=1S/C21H35N3O4/c1-3-22(14-20(26)27)17-8-10-23(11-9-17)21(28)16-12-19(25)24(13-16)18-6-4-15(2)5-7-18/h15-18H,3-14H2,1-2H3,(H,26,27)/t15?,16-,18?/m1/s1. The molecule has 1 saturated carbocycles. The Morgan fingerprint density at radius 3 is 2.32 bits per heavy atom. The number of likely N-dealkylation sites (tertiary alicyclic amines) is 2. The summed E-state index contributed by atoms with van der Waals surface area (Å²) in [7, 11) is 0. The quantitative estimate of drug-likeness (QED) is 0.744. The third kappa shape index (κ3) is 4.85. The largest absolute Gasteiger partial charge is 0.480 e. The molecule has 0 bridgehead atoms. The Bertz CT molecular complexity index is 580. The second kappa shape index (κ2) is 9.25. The van der Waals surface area contributed by atoms with Gasteiger partial charge >= 0.3 is 5.97 Å². The number of likely N-dealkylation sites (N-methyl/N-ethyl adjacent to an activating group) is 1. The lowest BCUT2D eigenvalue weighted by atomic mass is 9.86. The molecule has 7 heteroatoms. The molecule has 1 atom stereocenters. The molecule has 3 fully saturated rings. The summed E-state index contributed by atoms with van der Waals surface area (Å²) in [6.07, 6.45) is 6.43. The van der Waals surface area contributed by atoms with Crippen molar-refractivity contribution >= 4 is 17.8 Å². The third-order valence-electron chi connectivity index (χ3n) is 6.97. The normalized spacial score (nSPS) is 29.5. The van der Waals surface area contributed by atoms with Crippen LogP contribution in [0.4, 0.5) is 0 Å².